The third-order valence-electron chi connectivity index (χ3n) is 5.50. The van der Waals surface area contributed by atoms with Crippen LogP contribution in [0.25, 0.3) is 11.8 Å². The van der Waals surface area contributed by atoms with Crippen LogP contribution in [-0.4, -0.2) is 16.8 Å². The summed E-state index contributed by atoms with van der Waals surface area (Å²) in [6.07, 6.45) is 3.86. The fraction of sp³-hybridized carbons (Fsp3) is 0.0769. The predicted octanol–water partition coefficient (Wildman–Crippen LogP) is 5.08. The number of aromatic hydroxyl groups is 1. The van der Waals surface area contributed by atoms with E-state index in [9.17, 15) is 9.90 Å². The lowest BCUT2D eigenvalue weighted by atomic mass is 10.0. The highest BCUT2D eigenvalue weighted by Crippen LogP contribution is 2.32. The molecule has 0 amide bonds. The van der Waals surface area contributed by atoms with Gasteiger partial charge in [0.2, 0.25) is 0 Å². The SMILES string of the molecule is COc1cc(C=c2sc3n(c2=O)C(c2ccc(Br)cc2)C=C(c2ccccc2)N=3)cc(I)c1O. The summed E-state index contributed by atoms with van der Waals surface area (Å²) in [7, 11) is 1.51. The number of fused-ring (bicyclic) bond motifs is 1. The van der Waals surface area contributed by atoms with Crippen molar-refractivity contribution in [3.8, 4) is 11.5 Å². The van der Waals surface area contributed by atoms with Gasteiger partial charge in [-0.2, -0.15) is 0 Å². The van der Waals surface area contributed by atoms with Crippen molar-refractivity contribution in [3.63, 3.8) is 0 Å². The van der Waals surface area contributed by atoms with Crippen LogP contribution in [0.1, 0.15) is 22.7 Å². The first-order chi connectivity index (χ1) is 16.4. The molecule has 1 aliphatic heterocycles. The largest absolute Gasteiger partial charge is 0.504 e. The van der Waals surface area contributed by atoms with E-state index in [1.807, 2.05) is 95.4 Å². The van der Waals surface area contributed by atoms with E-state index in [4.69, 9.17) is 9.73 Å². The first-order valence-electron chi connectivity index (χ1n) is 10.4. The molecule has 4 aromatic rings. The van der Waals surface area contributed by atoms with E-state index in [1.54, 1.807) is 10.6 Å². The maximum absolute atomic E-state index is 13.6. The van der Waals surface area contributed by atoms with Gasteiger partial charge in [-0.15, -0.1) is 0 Å². The van der Waals surface area contributed by atoms with Crippen LogP contribution in [0, 0.1) is 3.57 Å². The number of thiazole rings is 1. The summed E-state index contributed by atoms with van der Waals surface area (Å²) in [5, 5.41) is 10.2. The normalized spacial score (nSPS) is 15.4. The Morgan fingerprint density at radius 1 is 1.15 bits per heavy atom. The Hall–Kier alpha value is -2.69. The molecule has 1 aromatic heterocycles. The molecule has 0 saturated carbocycles. The highest BCUT2D eigenvalue weighted by molar-refractivity contribution is 14.1. The van der Waals surface area contributed by atoms with Gasteiger partial charge in [0.05, 0.1) is 27.0 Å². The molecule has 0 saturated heterocycles. The van der Waals surface area contributed by atoms with E-state index in [0.29, 0.717) is 18.7 Å². The highest BCUT2D eigenvalue weighted by atomic mass is 127. The fourth-order valence-corrected chi connectivity index (χ4v) is 5.74. The lowest BCUT2D eigenvalue weighted by Crippen LogP contribution is -2.36. The molecule has 170 valence electrons. The molecule has 0 spiro atoms. The number of hydrogen-bond acceptors (Lipinski definition) is 5. The van der Waals surface area contributed by atoms with Crippen molar-refractivity contribution in [2.75, 3.05) is 7.11 Å². The minimum atomic E-state index is -0.281. The summed E-state index contributed by atoms with van der Waals surface area (Å²) < 4.78 is 9.21. The van der Waals surface area contributed by atoms with Gasteiger partial charge in [-0.3, -0.25) is 9.36 Å². The van der Waals surface area contributed by atoms with Crippen molar-refractivity contribution in [1.82, 2.24) is 4.57 Å². The van der Waals surface area contributed by atoms with Crippen molar-refractivity contribution >= 4 is 61.6 Å². The molecule has 1 unspecified atom stereocenters. The molecule has 3 aromatic carbocycles. The van der Waals surface area contributed by atoms with E-state index in [2.05, 4.69) is 15.9 Å². The zero-order valence-corrected chi connectivity index (χ0v) is 22.5. The van der Waals surface area contributed by atoms with Gasteiger partial charge in [-0.05, 0) is 75.7 Å². The number of ether oxygens (including phenoxy) is 1. The van der Waals surface area contributed by atoms with E-state index >= 15 is 0 Å². The second-order valence-corrected chi connectivity index (χ2v) is 10.7. The van der Waals surface area contributed by atoms with Crippen molar-refractivity contribution in [3.05, 3.63) is 117 Å². The minimum Gasteiger partial charge on any atom is -0.504 e. The van der Waals surface area contributed by atoms with Gasteiger partial charge in [0.15, 0.2) is 16.3 Å². The molecule has 5 nitrogen and oxygen atoms in total. The molecule has 0 radical (unpaired) electrons. The number of phenols is 1. The monoisotopic (exact) mass is 644 g/mol. The first kappa shape index (κ1) is 23.1. The number of rotatable bonds is 4. The molecule has 1 aliphatic rings. The standard InChI is InChI=1S/C26H18BrIN2O3S/c1-33-22-12-15(11-19(28)24(22)31)13-23-25(32)30-21(17-7-9-18(27)10-8-17)14-20(29-26(30)34-23)16-5-3-2-4-6-16/h2-14,21,31H,1H3. The Balaban J connectivity index is 1.72. The molecule has 0 fully saturated rings. The van der Waals surface area contributed by atoms with Crippen LogP contribution in [0.4, 0.5) is 0 Å². The van der Waals surface area contributed by atoms with Gasteiger partial charge in [0.1, 0.15) is 0 Å². The minimum absolute atomic E-state index is 0.0875. The average molecular weight is 645 g/mol. The number of halogens is 2. The van der Waals surface area contributed by atoms with Crippen molar-refractivity contribution in [1.29, 1.82) is 0 Å². The summed E-state index contributed by atoms with van der Waals surface area (Å²) in [5.41, 5.74) is 3.50. The number of nitrogens with zero attached hydrogens (tertiary/aromatic N) is 2. The van der Waals surface area contributed by atoms with Crippen LogP contribution in [0.3, 0.4) is 0 Å². The number of aromatic nitrogens is 1. The second-order valence-electron chi connectivity index (χ2n) is 7.65. The number of methoxy groups -OCH3 is 1. The summed E-state index contributed by atoms with van der Waals surface area (Å²) in [4.78, 5) is 19.1. The van der Waals surface area contributed by atoms with Crippen LogP contribution in [0.5, 0.6) is 11.5 Å². The summed E-state index contributed by atoms with van der Waals surface area (Å²) >= 11 is 6.90. The van der Waals surface area contributed by atoms with Crippen LogP contribution in [0.2, 0.25) is 0 Å². The average Bonchev–Trinajstić information content (AvgIpc) is 3.16. The first-order valence-corrected chi connectivity index (χ1v) is 13.0. The van der Waals surface area contributed by atoms with Crippen LogP contribution in [-0.2, 0) is 0 Å². The van der Waals surface area contributed by atoms with Crippen LogP contribution in [0.15, 0.2) is 87.1 Å². The van der Waals surface area contributed by atoms with Crippen molar-refractivity contribution in [2.24, 2.45) is 4.99 Å². The lowest BCUT2D eigenvalue weighted by Gasteiger charge is -2.19. The van der Waals surface area contributed by atoms with Crippen molar-refractivity contribution < 1.29 is 9.84 Å². The molecule has 8 heteroatoms. The topological polar surface area (TPSA) is 63.8 Å². The summed E-state index contributed by atoms with van der Waals surface area (Å²) in [6.45, 7) is 0. The molecule has 34 heavy (non-hydrogen) atoms. The predicted molar refractivity (Wildman–Crippen MR) is 147 cm³/mol. The highest BCUT2D eigenvalue weighted by Gasteiger charge is 2.22. The Morgan fingerprint density at radius 2 is 1.88 bits per heavy atom. The second kappa shape index (κ2) is 9.52. The van der Waals surface area contributed by atoms with E-state index < -0.39 is 0 Å². The molecule has 1 atom stereocenters. The molecule has 5 rings (SSSR count). The third kappa shape index (κ3) is 4.37. The Kier molecular flexibility index (Phi) is 6.46. The molecule has 1 N–H and O–H groups in total. The Labute approximate surface area is 221 Å². The fourth-order valence-electron chi connectivity index (χ4n) is 3.83. The molecular weight excluding hydrogens is 627 g/mol. The number of allylic oxidation sites excluding steroid dienone is 1. The van der Waals surface area contributed by atoms with E-state index in [0.717, 1.165) is 26.9 Å². The van der Waals surface area contributed by atoms with E-state index in [1.165, 1.54) is 18.4 Å². The van der Waals surface area contributed by atoms with Gasteiger partial charge in [0, 0.05) is 4.47 Å². The van der Waals surface area contributed by atoms with Crippen LogP contribution < -0.4 is 19.6 Å². The zero-order chi connectivity index (χ0) is 23.8. The number of benzene rings is 3. The quantitative estimate of drug-likeness (QED) is 0.315. The Bertz CT molecular complexity index is 1590. The summed E-state index contributed by atoms with van der Waals surface area (Å²) in [5.74, 6) is 0.453. The van der Waals surface area contributed by atoms with E-state index in [-0.39, 0.29) is 17.4 Å². The molecule has 2 heterocycles. The zero-order valence-electron chi connectivity index (χ0n) is 17.9. The van der Waals surface area contributed by atoms with Gasteiger partial charge >= 0.3 is 0 Å². The molecular formula is C26H18BrIN2O3S. The van der Waals surface area contributed by atoms with Gasteiger partial charge in [-0.1, -0.05) is 69.7 Å². The smallest absolute Gasteiger partial charge is 0.271 e. The lowest BCUT2D eigenvalue weighted by molar-refractivity contribution is 0.371. The van der Waals surface area contributed by atoms with Gasteiger partial charge in [-0.25, -0.2) is 4.99 Å². The third-order valence-corrected chi connectivity index (χ3v) is 7.83. The number of phenolic OH excluding ortho intramolecular Hbond substituents is 1. The maximum atomic E-state index is 13.6. The maximum Gasteiger partial charge on any atom is 0.271 e. The van der Waals surface area contributed by atoms with Gasteiger partial charge < -0.3 is 9.84 Å². The molecule has 0 bridgehead atoms. The summed E-state index contributed by atoms with van der Waals surface area (Å²) in [6, 6.07) is 21.2. The van der Waals surface area contributed by atoms with Crippen LogP contribution >= 0.6 is 49.9 Å². The van der Waals surface area contributed by atoms with Crippen molar-refractivity contribution in [2.45, 2.75) is 6.04 Å². The molecule has 0 aliphatic carbocycles. The van der Waals surface area contributed by atoms with Gasteiger partial charge in [0.25, 0.3) is 5.56 Å². The number of hydrogen-bond donors (Lipinski definition) is 1. The Morgan fingerprint density at radius 3 is 2.59 bits per heavy atom.